The zero-order valence-electron chi connectivity index (χ0n) is 10.7. The minimum Gasteiger partial charge on any atom is -0.497 e. The molecule has 0 saturated carbocycles. The van der Waals surface area contributed by atoms with E-state index >= 15 is 0 Å². The Balaban J connectivity index is 2.40. The molecule has 96 valence electrons. The average molecular weight is 310 g/mol. The van der Waals surface area contributed by atoms with Crippen LogP contribution in [0.15, 0.2) is 28.9 Å². The van der Waals surface area contributed by atoms with Gasteiger partial charge in [0.05, 0.1) is 12.8 Å². The first-order valence-electron chi connectivity index (χ1n) is 5.67. The first kappa shape index (κ1) is 13.1. The predicted molar refractivity (Wildman–Crippen MR) is 75.7 cm³/mol. The van der Waals surface area contributed by atoms with Crippen LogP contribution in [0.2, 0.25) is 0 Å². The van der Waals surface area contributed by atoms with Crippen molar-refractivity contribution in [2.24, 2.45) is 7.05 Å². The molecule has 0 aliphatic heterocycles. The summed E-state index contributed by atoms with van der Waals surface area (Å²) in [5, 5.41) is 3.14. The van der Waals surface area contributed by atoms with Crippen LogP contribution in [0.1, 0.15) is 5.69 Å². The van der Waals surface area contributed by atoms with Gasteiger partial charge in [-0.3, -0.25) is 0 Å². The summed E-state index contributed by atoms with van der Waals surface area (Å²) in [5.74, 6) is 1.79. The van der Waals surface area contributed by atoms with E-state index in [-0.39, 0.29) is 0 Å². The molecule has 0 bridgehead atoms. The predicted octanol–water partition coefficient (Wildman–Crippen LogP) is 2.58. The molecular formula is C13H16BrN3O. The van der Waals surface area contributed by atoms with Crippen molar-refractivity contribution in [1.29, 1.82) is 0 Å². The zero-order chi connectivity index (χ0) is 13.1. The number of methoxy groups -OCH3 is 1. The number of rotatable bonds is 4. The van der Waals surface area contributed by atoms with Gasteiger partial charge in [-0.15, -0.1) is 0 Å². The van der Waals surface area contributed by atoms with Crippen LogP contribution in [-0.2, 0) is 13.6 Å². The van der Waals surface area contributed by atoms with Crippen LogP contribution in [-0.4, -0.2) is 23.7 Å². The number of nitrogens with zero attached hydrogens (tertiary/aromatic N) is 2. The van der Waals surface area contributed by atoms with Gasteiger partial charge in [-0.2, -0.15) is 0 Å². The SMILES string of the molecule is CNCc1c(Br)nc(-c2ccc(OC)cc2)n1C. The van der Waals surface area contributed by atoms with Crippen LogP contribution < -0.4 is 10.1 Å². The van der Waals surface area contributed by atoms with Gasteiger partial charge in [-0.1, -0.05) is 0 Å². The molecule has 1 aromatic heterocycles. The Morgan fingerprint density at radius 2 is 2.00 bits per heavy atom. The lowest BCUT2D eigenvalue weighted by molar-refractivity contribution is 0.415. The summed E-state index contributed by atoms with van der Waals surface area (Å²) in [6, 6.07) is 7.90. The summed E-state index contributed by atoms with van der Waals surface area (Å²) in [5.41, 5.74) is 2.20. The summed E-state index contributed by atoms with van der Waals surface area (Å²) in [6.07, 6.45) is 0. The van der Waals surface area contributed by atoms with E-state index in [1.165, 1.54) is 0 Å². The van der Waals surface area contributed by atoms with Crippen molar-refractivity contribution >= 4 is 15.9 Å². The summed E-state index contributed by atoms with van der Waals surface area (Å²) in [4.78, 5) is 4.55. The maximum Gasteiger partial charge on any atom is 0.141 e. The fourth-order valence-electron chi connectivity index (χ4n) is 1.86. The summed E-state index contributed by atoms with van der Waals surface area (Å²) < 4.78 is 8.12. The smallest absolute Gasteiger partial charge is 0.141 e. The molecule has 0 amide bonds. The molecule has 5 heteroatoms. The number of hydrogen-bond donors (Lipinski definition) is 1. The van der Waals surface area contributed by atoms with E-state index in [1.807, 2.05) is 38.4 Å². The molecule has 1 N–H and O–H groups in total. The van der Waals surface area contributed by atoms with Crippen molar-refractivity contribution in [3.63, 3.8) is 0 Å². The standard InChI is InChI=1S/C13H16BrN3O/c1-15-8-11-12(14)16-13(17(11)2)9-4-6-10(18-3)7-5-9/h4-7,15H,8H2,1-3H3. The molecular weight excluding hydrogens is 294 g/mol. The number of halogens is 1. The Hall–Kier alpha value is -1.33. The summed E-state index contributed by atoms with van der Waals surface area (Å²) in [6.45, 7) is 0.778. The molecule has 18 heavy (non-hydrogen) atoms. The third kappa shape index (κ3) is 2.42. The van der Waals surface area contributed by atoms with Crippen LogP contribution in [0.5, 0.6) is 5.75 Å². The maximum atomic E-state index is 5.16. The van der Waals surface area contributed by atoms with Crippen molar-refractivity contribution in [3.05, 3.63) is 34.6 Å². The van der Waals surface area contributed by atoms with Gasteiger partial charge in [0.1, 0.15) is 16.2 Å². The fourth-order valence-corrected chi connectivity index (χ4v) is 2.43. The van der Waals surface area contributed by atoms with Crippen LogP contribution in [0, 0.1) is 0 Å². The Kier molecular flexibility index (Phi) is 4.04. The molecule has 2 aromatic rings. The Morgan fingerprint density at radius 3 is 2.56 bits per heavy atom. The maximum absolute atomic E-state index is 5.16. The highest BCUT2D eigenvalue weighted by atomic mass is 79.9. The third-order valence-corrected chi connectivity index (χ3v) is 3.49. The van der Waals surface area contributed by atoms with Gasteiger partial charge < -0.3 is 14.6 Å². The topological polar surface area (TPSA) is 39.1 Å². The number of nitrogens with one attached hydrogen (secondary N) is 1. The largest absolute Gasteiger partial charge is 0.497 e. The minimum atomic E-state index is 0.778. The van der Waals surface area contributed by atoms with E-state index in [4.69, 9.17) is 4.74 Å². The van der Waals surface area contributed by atoms with Crippen molar-refractivity contribution in [1.82, 2.24) is 14.9 Å². The number of aromatic nitrogens is 2. The quantitative estimate of drug-likeness (QED) is 0.943. The van der Waals surface area contributed by atoms with Crippen LogP contribution in [0.4, 0.5) is 0 Å². The Bertz CT molecular complexity index is 534. The van der Waals surface area contributed by atoms with E-state index < -0.39 is 0 Å². The van der Waals surface area contributed by atoms with E-state index in [0.717, 1.165) is 34.0 Å². The third-order valence-electron chi connectivity index (χ3n) is 2.86. The summed E-state index contributed by atoms with van der Waals surface area (Å²) in [7, 11) is 5.61. The number of imidazole rings is 1. The van der Waals surface area contributed by atoms with Crippen molar-refractivity contribution in [3.8, 4) is 17.1 Å². The van der Waals surface area contributed by atoms with E-state index in [2.05, 4.69) is 30.8 Å². The molecule has 0 fully saturated rings. The monoisotopic (exact) mass is 309 g/mol. The van der Waals surface area contributed by atoms with E-state index in [9.17, 15) is 0 Å². The highest BCUT2D eigenvalue weighted by molar-refractivity contribution is 9.10. The van der Waals surface area contributed by atoms with Crippen LogP contribution in [0.25, 0.3) is 11.4 Å². The van der Waals surface area contributed by atoms with Gasteiger partial charge >= 0.3 is 0 Å². The van der Waals surface area contributed by atoms with Gasteiger partial charge in [0.25, 0.3) is 0 Å². The number of ether oxygens (including phenoxy) is 1. The molecule has 1 heterocycles. The molecule has 0 saturated heterocycles. The highest BCUT2D eigenvalue weighted by Gasteiger charge is 2.13. The first-order chi connectivity index (χ1) is 8.67. The van der Waals surface area contributed by atoms with Gasteiger partial charge in [0, 0.05) is 19.2 Å². The van der Waals surface area contributed by atoms with Crippen LogP contribution in [0.3, 0.4) is 0 Å². The molecule has 0 unspecified atom stereocenters. The second-order valence-corrected chi connectivity index (χ2v) is 4.74. The van der Waals surface area contributed by atoms with Crippen molar-refractivity contribution in [2.75, 3.05) is 14.2 Å². The second-order valence-electron chi connectivity index (χ2n) is 3.99. The van der Waals surface area contributed by atoms with Gasteiger partial charge in [0.15, 0.2) is 0 Å². The molecule has 0 radical (unpaired) electrons. The normalized spacial score (nSPS) is 10.7. The molecule has 0 atom stereocenters. The molecule has 4 nitrogen and oxygen atoms in total. The van der Waals surface area contributed by atoms with Gasteiger partial charge in [0.2, 0.25) is 0 Å². The fraction of sp³-hybridized carbons (Fsp3) is 0.308. The lowest BCUT2D eigenvalue weighted by Crippen LogP contribution is -2.10. The number of hydrogen-bond acceptors (Lipinski definition) is 3. The second kappa shape index (κ2) is 5.54. The molecule has 0 spiro atoms. The van der Waals surface area contributed by atoms with Crippen molar-refractivity contribution < 1.29 is 4.74 Å². The molecule has 0 aliphatic carbocycles. The van der Waals surface area contributed by atoms with E-state index in [0.29, 0.717) is 0 Å². The molecule has 2 rings (SSSR count). The minimum absolute atomic E-state index is 0.778. The lowest BCUT2D eigenvalue weighted by atomic mass is 10.2. The average Bonchev–Trinajstić information content (AvgIpc) is 2.67. The zero-order valence-corrected chi connectivity index (χ0v) is 12.3. The Morgan fingerprint density at radius 1 is 1.33 bits per heavy atom. The highest BCUT2D eigenvalue weighted by Crippen LogP contribution is 2.26. The van der Waals surface area contributed by atoms with Crippen LogP contribution >= 0.6 is 15.9 Å². The van der Waals surface area contributed by atoms with Gasteiger partial charge in [-0.25, -0.2) is 4.98 Å². The van der Waals surface area contributed by atoms with Gasteiger partial charge in [-0.05, 0) is 47.2 Å². The first-order valence-corrected chi connectivity index (χ1v) is 6.46. The lowest BCUT2D eigenvalue weighted by Gasteiger charge is -2.06. The number of benzene rings is 1. The molecule has 0 aliphatic rings. The van der Waals surface area contributed by atoms with E-state index in [1.54, 1.807) is 7.11 Å². The molecule has 1 aromatic carbocycles. The Labute approximate surface area is 115 Å². The van der Waals surface area contributed by atoms with Crippen molar-refractivity contribution in [2.45, 2.75) is 6.54 Å². The summed E-state index contributed by atoms with van der Waals surface area (Å²) >= 11 is 3.50.